The van der Waals surface area contributed by atoms with Crippen molar-refractivity contribution in [2.24, 2.45) is 0 Å². The van der Waals surface area contributed by atoms with Crippen molar-refractivity contribution in [3.8, 4) is 0 Å². The smallest absolute Gasteiger partial charge is 0.252 e. The molecule has 1 amide bonds. The molecule has 4 rings (SSSR count). The normalized spacial score (nSPS) is 23.7. The highest BCUT2D eigenvalue weighted by molar-refractivity contribution is 7.85. The predicted octanol–water partition coefficient (Wildman–Crippen LogP) is 3.62. The van der Waals surface area contributed by atoms with E-state index in [1.807, 2.05) is 37.3 Å². The topological polar surface area (TPSA) is 71.1 Å². The highest BCUT2D eigenvalue weighted by atomic mass is 32.2. The maximum atomic E-state index is 12.7. The van der Waals surface area contributed by atoms with Gasteiger partial charge in [0.25, 0.3) is 5.91 Å². The van der Waals surface area contributed by atoms with Crippen LogP contribution in [0.15, 0.2) is 30.3 Å². The summed E-state index contributed by atoms with van der Waals surface area (Å²) in [5.41, 5.74) is 1.51. The zero-order chi connectivity index (χ0) is 18.8. The van der Waals surface area contributed by atoms with Crippen molar-refractivity contribution in [1.82, 2.24) is 10.3 Å². The number of carbonyl (C=O) groups is 1. The molecule has 27 heavy (non-hydrogen) atoms. The molecule has 0 radical (unpaired) electrons. The Labute approximate surface area is 162 Å². The van der Waals surface area contributed by atoms with E-state index in [-0.39, 0.29) is 17.2 Å². The number of hydrogen-bond acceptors (Lipinski definition) is 4. The van der Waals surface area contributed by atoms with Gasteiger partial charge in [-0.05, 0) is 44.2 Å². The maximum absolute atomic E-state index is 12.7. The van der Waals surface area contributed by atoms with Gasteiger partial charge in [-0.2, -0.15) is 0 Å². The Hall–Kier alpha value is -1.95. The fourth-order valence-electron chi connectivity index (χ4n) is 3.89. The fourth-order valence-corrected chi connectivity index (χ4v) is 5.24. The second-order valence-electron chi connectivity index (χ2n) is 7.62. The van der Waals surface area contributed by atoms with Crippen LogP contribution in [-0.4, -0.2) is 38.2 Å². The number of nitrogens with zero attached hydrogens (tertiary/aromatic N) is 1. The molecule has 3 unspecified atom stereocenters. The number of aromatic nitrogens is 1. The maximum Gasteiger partial charge on any atom is 0.252 e. The molecule has 2 fully saturated rings. The van der Waals surface area contributed by atoms with Crippen molar-refractivity contribution in [3.05, 3.63) is 35.9 Å². The molecule has 2 N–H and O–H groups in total. The lowest BCUT2D eigenvalue weighted by Gasteiger charge is -2.29. The summed E-state index contributed by atoms with van der Waals surface area (Å²) in [5, 5.41) is 7.76. The van der Waals surface area contributed by atoms with E-state index in [0.29, 0.717) is 11.6 Å². The first kappa shape index (κ1) is 18.4. The van der Waals surface area contributed by atoms with E-state index < -0.39 is 10.8 Å². The first-order chi connectivity index (χ1) is 13.1. The van der Waals surface area contributed by atoms with Crippen LogP contribution in [-0.2, 0) is 10.8 Å². The average Bonchev–Trinajstić information content (AvgIpc) is 3.51. The molecular formula is C21H27N3O2S. The molecule has 0 spiro atoms. The van der Waals surface area contributed by atoms with Crippen LogP contribution < -0.4 is 10.6 Å². The number of rotatable bonds is 6. The number of nitrogens with one attached hydrogen (secondary N) is 2. The van der Waals surface area contributed by atoms with Gasteiger partial charge >= 0.3 is 0 Å². The Morgan fingerprint density at radius 3 is 2.78 bits per heavy atom. The van der Waals surface area contributed by atoms with Crippen LogP contribution in [0.4, 0.5) is 5.82 Å². The van der Waals surface area contributed by atoms with E-state index in [9.17, 15) is 9.00 Å². The molecule has 2 aliphatic rings. The van der Waals surface area contributed by atoms with Gasteiger partial charge < -0.3 is 10.6 Å². The first-order valence-corrected chi connectivity index (χ1v) is 11.4. The van der Waals surface area contributed by atoms with E-state index in [1.54, 1.807) is 0 Å². The molecule has 0 saturated heterocycles. The van der Waals surface area contributed by atoms with Crippen LogP contribution in [0.2, 0.25) is 0 Å². The zero-order valence-electron chi connectivity index (χ0n) is 15.7. The molecular weight excluding hydrogens is 358 g/mol. The molecule has 5 nitrogen and oxygen atoms in total. The number of fused-ring (bicyclic) bond motifs is 1. The van der Waals surface area contributed by atoms with Gasteiger partial charge in [-0.1, -0.05) is 31.5 Å². The Morgan fingerprint density at radius 2 is 2.00 bits per heavy atom. The van der Waals surface area contributed by atoms with Gasteiger partial charge in [-0.3, -0.25) is 9.00 Å². The Bertz CT molecular complexity index is 866. The lowest BCUT2D eigenvalue weighted by molar-refractivity contribution is 0.0952. The largest absolute Gasteiger partial charge is 0.367 e. The number of anilines is 1. The van der Waals surface area contributed by atoms with E-state index >= 15 is 0 Å². The molecule has 2 aromatic rings. The first-order valence-electron chi connectivity index (χ1n) is 9.98. The van der Waals surface area contributed by atoms with E-state index in [4.69, 9.17) is 4.98 Å². The minimum absolute atomic E-state index is 0.0206. The van der Waals surface area contributed by atoms with Crippen LogP contribution in [0.5, 0.6) is 0 Å². The number of para-hydroxylation sites is 1. The standard InChI is InChI=1S/C21H27N3O2S/c1-2-27(26)16-7-5-6-15(12-16)22-20-13-18(21(25)23-14-10-11-14)17-8-3-4-9-19(17)24-20/h3-4,8-9,13-16H,2,5-7,10-12H2,1H3,(H,22,24)(H,23,25). The van der Waals surface area contributed by atoms with Crippen LogP contribution in [0.1, 0.15) is 55.8 Å². The number of carbonyl (C=O) groups excluding carboxylic acids is 1. The summed E-state index contributed by atoms with van der Waals surface area (Å²) in [6.07, 6.45) is 6.21. The third-order valence-corrected chi connectivity index (χ3v) is 7.25. The van der Waals surface area contributed by atoms with Gasteiger partial charge in [-0.15, -0.1) is 0 Å². The number of hydrogen-bond donors (Lipinski definition) is 2. The van der Waals surface area contributed by atoms with Gasteiger partial charge in [0.05, 0.1) is 11.1 Å². The van der Waals surface area contributed by atoms with Gasteiger partial charge in [0.15, 0.2) is 0 Å². The summed E-state index contributed by atoms with van der Waals surface area (Å²) in [4.78, 5) is 17.5. The van der Waals surface area contributed by atoms with Gasteiger partial charge in [0.2, 0.25) is 0 Å². The molecule has 0 bridgehead atoms. The summed E-state index contributed by atoms with van der Waals surface area (Å²) in [7, 11) is -0.750. The van der Waals surface area contributed by atoms with Crippen molar-refractivity contribution in [2.45, 2.75) is 62.8 Å². The van der Waals surface area contributed by atoms with Crippen molar-refractivity contribution in [2.75, 3.05) is 11.1 Å². The molecule has 2 aliphatic carbocycles. The number of amides is 1. The summed E-state index contributed by atoms with van der Waals surface area (Å²) in [6, 6.07) is 10.2. The predicted molar refractivity (Wildman–Crippen MR) is 111 cm³/mol. The Balaban J connectivity index is 1.58. The van der Waals surface area contributed by atoms with Crippen LogP contribution >= 0.6 is 0 Å². The molecule has 2 saturated carbocycles. The van der Waals surface area contributed by atoms with Gasteiger partial charge in [0, 0.05) is 39.3 Å². The van der Waals surface area contributed by atoms with Gasteiger partial charge in [-0.25, -0.2) is 4.98 Å². The summed E-state index contributed by atoms with van der Waals surface area (Å²) in [5.74, 6) is 1.44. The summed E-state index contributed by atoms with van der Waals surface area (Å²) < 4.78 is 12.2. The third kappa shape index (κ3) is 4.32. The highest BCUT2D eigenvalue weighted by Crippen LogP contribution is 2.28. The quantitative estimate of drug-likeness (QED) is 0.797. The lowest BCUT2D eigenvalue weighted by Crippen LogP contribution is -2.33. The lowest BCUT2D eigenvalue weighted by atomic mass is 9.95. The minimum Gasteiger partial charge on any atom is -0.367 e. The van der Waals surface area contributed by atoms with E-state index in [1.165, 1.54) is 0 Å². The molecule has 0 aliphatic heterocycles. The molecule has 144 valence electrons. The molecule has 3 atom stereocenters. The van der Waals surface area contributed by atoms with E-state index in [2.05, 4.69) is 10.6 Å². The van der Waals surface area contributed by atoms with Crippen molar-refractivity contribution in [3.63, 3.8) is 0 Å². The minimum atomic E-state index is -0.750. The van der Waals surface area contributed by atoms with Crippen LogP contribution in [0.25, 0.3) is 10.9 Å². The Morgan fingerprint density at radius 1 is 1.19 bits per heavy atom. The molecule has 1 aromatic carbocycles. The summed E-state index contributed by atoms with van der Waals surface area (Å²) in [6.45, 7) is 1.99. The van der Waals surface area contributed by atoms with Crippen molar-refractivity contribution < 1.29 is 9.00 Å². The number of pyridine rings is 1. The van der Waals surface area contributed by atoms with Crippen molar-refractivity contribution in [1.29, 1.82) is 0 Å². The van der Waals surface area contributed by atoms with E-state index in [0.717, 1.165) is 61.0 Å². The molecule has 6 heteroatoms. The Kier molecular flexibility index (Phi) is 5.43. The SMILES string of the molecule is CCS(=O)C1CCCC(Nc2cc(C(=O)NC3CC3)c3ccccc3n2)C1. The average molecular weight is 386 g/mol. The van der Waals surface area contributed by atoms with Crippen molar-refractivity contribution >= 4 is 33.4 Å². The number of benzene rings is 1. The molecule has 1 heterocycles. The van der Waals surface area contributed by atoms with Crippen LogP contribution in [0.3, 0.4) is 0 Å². The fraction of sp³-hybridized carbons (Fsp3) is 0.524. The zero-order valence-corrected chi connectivity index (χ0v) is 16.6. The highest BCUT2D eigenvalue weighted by Gasteiger charge is 2.27. The second-order valence-corrected chi connectivity index (χ2v) is 9.62. The summed E-state index contributed by atoms with van der Waals surface area (Å²) >= 11 is 0. The monoisotopic (exact) mass is 385 g/mol. The third-order valence-electron chi connectivity index (χ3n) is 5.51. The molecule has 1 aromatic heterocycles. The van der Waals surface area contributed by atoms with Crippen LogP contribution in [0, 0.1) is 0 Å². The van der Waals surface area contributed by atoms with Gasteiger partial charge in [0.1, 0.15) is 5.82 Å². The second kappa shape index (κ2) is 7.97.